The van der Waals surface area contributed by atoms with Gasteiger partial charge in [0, 0.05) is 61.5 Å². The number of benzene rings is 12. The number of ether oxygens (including phenoxy) is 1. The fraction of sp³-hybridized carbons (Fsp3) is 0. The Morgan fingerprint density at radius 1 is 0.306 bits per heavy atom. The molecule has 0 radical (unpaired) electrons. The van der Waals surface area contributed by atoms with Crippen molar-refractivity contribution >= 4 is 76.5 Å². The highest BCUT2D eigenvalue weighted by molar-refractivity contribution is 6.12. The van der Waals surface area contributed by atoms with Gasteiger partial charge in [-0.25, -0.2) is 4.98 Å². The first-order valence-electron chi connectivity index (χ1n) is 28.8. The lowest BCUT2D eigenvalue weighted by Gasteiger charge is -2.17. The molecule has 5 aromatic heterocycles. The van der Waals surface area contributed by atoms with Crippen molar-refractivity contribution in [3.8, 4) is 73.4 Å². The Morgan fingerprint density at radius 2 is 0.776 bits per heavy atom. The summed E-state index contributed by atoms with van der Waals surface area (Å²) in [5.74, 6) is 2.23. The Balaban J connectivity index is 0.761. The summed E-state index contributed by atoms with van der Waals surface area (Å²) < 4.78 is 18.3. The summed E-state index contributed by atoms with van der Waals surface area (Å²) in [6.45, 7) is 0. The van der Waals surface area contributed by atoms with Gasteiger partial charge in [0.05, 0.1) is 55.5 Å². The summed E-state index contributed by atoms with van der Waals surface area (Å²) in [5.41, 5.74) is 19.4. The molecule has 7 nitrogen and oxygen atoms in total. The molecule has 0 saturated carbocycles. The molecule has 398 valence electrons. The summed E-state index contributed by atoms with van der Waals surface area (Å²) in [6.07, 6.45) is 5.85. The summed E-state index contributed by atoms with van der Waals surface area (Å²) in [5, 5.41) is 7.13. The first-order valence-corrected chi connectivity index (χ1v) is 28.8. The average molecular weight is 1090 g/mol. The van der Waals surface area contributed by atoms with Gasteiger partial charge in [0.25, 0.3) is 6.33 Å². The van der Waals surface area contributed by atoms with Crippen LogP contribution in [0.15, 0.2) is 303 Å². The van der Waals surface area contributed by atoms with E-state index in [1.807, 2.05) is 12.3 Å². The quantitative estimate of drug-likeness (QED) is 0.101. The van der Waals surface area contributed by atoms with E-state index in [0.29, 0.717) is 11.5 Å². The van der Waals surface area contributed by atoms with Crippen LogP contribution in [0.4, 0.5) is 0 Å². The normalized spacial score (nSPS) is 11.8. The Morgan fingerprint density at radius 3 is 1.32 bits per heavy atom. The average Bonchev–Trinajstić information content (AvgIpc) is 2.41. The van der Waals surface area contributed by atoms with Crippen molar-refractivity contribution in [1.29, 1.82) is 0 Å². The molecule has 0 saturated heterocycles. The third kappa shape index (κ3) is 7.89. The maximum Gasteiger partial charge on any atom is 0.269 e. The molecular weight excluding hydrogens is 1040 g/mol. The summed E-state index contributed by atoms with van der Waals surface area (Å²) in [6, 6.07) is 106. The minimum Gasteiger partial charge on any atom is -0.458 e. The molecule has 0 unspecified atom stereocenters. The van der Waals surface area contributed by atoms with Gasteiger partial charge in [-0.2, -0.15) is 0 Å². The van der Waals surface area contributed by atoms with Crippen LogP contribution in [-0.4, -0.2) is 23.3 Å². The van der Waals surface area contributed by atoms with Gasteiger partial charge in [-0.3, -0.25) is 13.7 Å². The summed E-state index contributed by atoms with van der Waals surface area (Å²) >= 11 is 0. The fourth-order valence-electron chi connectivity index (χ4n) is 13.1. The molecule has 0 spiro atoms. The van der Waals surface area contributed by atoms with Gasteiger partial charge in [0.2, 0.25) is 0 Å². The zero-order valence-corrected chi connectivity index (χ0v) is 46.0. The predicted molar refractivity (Wildman–Crippen MR) is 347 cm³/mol. The zero-order chi connectivity index (χ0) is 56.0. The van der Waals surface area contributed by atoms with Gasteiger partial charge in [-0.05, 0) is 119 Å². The number of pyridine rings is 1. The molecule has 17 aromatic rings. The lowest BCUT2D eigenvalue weighted by molar-refractivity contribution is -0.571. The molecule has 5 heterocycles. The SMILES string of the molecule is [c-]1n(-c2cccc(Oc3ccc4c5ccccc5n(-c5ccc(-c6cc(-n7c8ccccc8c8ccccc87)cc(-n7c8ccccc8c8ccccc87)c6)cn5)c4c3)c2)c2ccccc2[n+]1-c1c(-c2ccccc2)cccc1-c1ccccc1. The van der Waals surface area contributed by atoms with E-state index >= 15 is 0 Å². The number of hydrogen-bond acceptors (Lipinski definition) is 2. The smallest absolute Gasteiger partial charge is 0.269 e. The number of hydrogen-bond donors (Lipinski definition) is 0. The van der Waals surface area contributed by atoms with Crippen LogP contribution in [0.3, 0.4) is 0 Å². The predicted octanol–water partition coefficient (Wildman–Crippen LogP) is 19.2. The molecule has 85 heavy (non-hydrogen) atoms. The van der Waals surface area contributed by atoms with E-state index in [1.54, 1.807) is 0 Å². The van der Waals surface area contributed by atoms with Crippen molar-refractivity contribution in [2.75, 3.05) is 0 Å². The van der Waals surface area contributed by atoms with Crippen LogP contribution >= 0.6 is 0 Å². The minimum absolute atomic E-state index is 0.706. The van der Waals surface area contributed by atoms with Crippen molar-refractivity contribution in [2.24, 2.45) is 0 Å². The molecule has 0 N–H and O–H groups in total. The maximum atomic E-state index is 6.89. The Kier molecular flexibility index (Phi) is 11.1. The number of nitrogens with zero attached hydrogens (tertiary/aromatic N) is 6. The van der Waals surface area contributed by atoms with Gasteiger partial charge in [-0.15, -0.1) is 0 Å². The first kappa shape index (κ1) is 48.2. The second kappa shape index (κ2) is 19.6. The van der Waals surface area contributed by atoms with Crippen molar-refractivity contribution in [1.82, 2.24) is 23.3 Å². The number of para-hydroxylation sites is 8. The molecule has 0 aliphatic carbocycles. The van der Waals surface area contributed by atoms with E-state index in [2.05, 4.69) is 320 Å². The summed E-state index contributed by atoms with van der Waals surface area (Å²) in [4.78, 5) is 5.34. The monoisotopic (exact) mass is 1090 g/mol. The fourth-order valence-corrected chi connectivity index (χ4v) is 13.1. The van der Waals surface area contributed by atoms with Crippen molar-refractivity contribution < 1.29 is 9.30 Å². The van der Waals surface area contributed by atoms with Crippen molar-refractivity contribution in [3.05, 3.63) is 310 Å². The number of imidazole rings is 1. The summed E-state index contributed by atoms with van der Waals surface area (Å²) in [7, 11) is 0. The Labute approximate surface area is 489 Å². The standard InChI is InChI=1S/C78H50N6O/c1-3-21-52(22-4-1)61-32-20-33-62(53-23-5-2-6-24-53)78(61)81-51-80(74-39-17-18-40-75(74)81)56-25-19-26-59(48-56)85-60-42-43-68-67-31-11-16-38-73(67)84(76(68)49-60)77-44-41-54(50-79-77)55-45-57(82-69-34-12-7-27-63(69)64-28-8-13-35-70(64)82)47-58(46-55)83-71-36-14-9-29-65(71)66-30-10-15-37-72(66)83/h1-50H. The van der Waals surface area contributed by atoms with Gasteiger partial charge >= 0.3 is 0 Å². The van der Waals surface area contributed by atoms with Crippen LogP contribution in [0.25, 0.3) is 138 Å². The maximum absolute atomic E-state index is 6.89. The van der Waals surface area contributed by atoms with E-state index in [4.69, 9.17) is 9.72 Å². The van der Waals surface area contributed by atoms with Crippen molar-refractivity contribution in [2.45, 2.75) is 0 Å². The topological polar surface area (TPSA) is 45.7 Å². The van der Waals surface area contributed by atoms with Gasteiger partial charge < -0.3 is 13.9 Å². The molecule has 0 amide bonds. The third-order valence-corrected chi connectivity index (χ3v) is 16.8. The first-order chi connectivity index (χ1) is 42.2. The molecule has 0 aliphatic rings. The van der Waals surface area contributed by atoms with E-state index < -0.39 is 0 Å². The molecule has 0 aliphatic heterocycles. The lowest BCUT2D eigenvalue weighted by atomic mass is 9.95. The Hall–Kier alpha value is -11.5. The minimum atomic E-state index is 0.706. The highest BCUT2D eigenvalue weighted by Gasteiger charge is 2.22. The highest BCUT2D eigenvalue weighted by atomic mass is 16.5. The van der Waals surface area contributed by atoms with Crippen LogP contribution in [0, 0.1) is 6.33 Å². The number of rotatable bonds is 10. The van der Waals surface area contributed by atoms with Crippen molar-refractivity contribution in [3.63, 3.8) is 0 Å². The second-order valence-electron chi connectivity index (χ2n) is 21.7. The molecule has 7 heteroatoms. The molecular formula is C78H50N6O. The van der Waals surface area contributed by atoms with E-state index in [-0.39, 0.29) is 0 Å². The van der Waals surface area contributed by atoms with Crippen LogP contribution < -0.4 is 9.30 Å². The van der Waals surface area contributed by atoms with E-state index in [0.717, 1.165) is 117 Å². The molecule has 0 atom stereocenters. The highest BCUT2D eigenvalue weighted by Crippen LogP contribution is 2.41. The van der Waals surface area contributed by atoms with E-state index in [9.17, 15) is 0 Å². The van der Waals surface area contributed by atoms with Gasteiger partial charge in [-0.1, -0.05) is 200 Å². The second-order valence-corrected chi connectivity index (χ2v) is 21.7. The molecule has 17 rings (SSSR count). The van der Waals surface area contributed by atoms with Crippen LogP contribution in [-0.2, 0) is 0 Å². The van der Waals surface area contributed by atoms with Gasteiger partial charge in [0.1, 0.15) is 17.3 Å². The third-order valence-electron chi connectivity index (χ3n) is 16.8. The molecule has 0 bridgehead atoms. The number of aromatic nitrogens is 6. The van der Waals surface area contributed by atoms with E-state index in [1.165, 1.54) is 21.5 Å². The van der Waals surface area contributed by atoms with Gasteiger partial charge in [0.15, 0.2) is 0 Å². The number of fused-ring (bicyclic) bond motifs is 10. The van der Waals surface area contributed by atoms with Crippen LogP contribution in [0.5, 0.6) is 11.5 Å². The molecule has 0 fully saturated rings. The van der Waals surface area contributed by atoms with Crippen LogP contribution in [0.2, 0.25) is 0 Å². The lowest BCUT2D eigenvalue weighted by Crippen LogP contribution is -2.31. The zero-order valence-electron chi connectivity index (χ0n) is 46.0. The van der Waals surface area contributed by atoms with Crippen LogP contribution in [0.1, 0.15) is 0 Å². The molecule has 12 aromatic carbocycles. The largest absolute Gasteiger partial charge is 0.458 e. The Bertz CT molecular complexity index is 5160.